The molecule has 1 aliphatic rings. The molecule has 4 heteroatoms. The minimum atomic E-state index is -0.316. The molecule has 1 saturated heterocycles. The molecule has 0 bridgehead atoms. The van der Waals surface area contributed by atoms with Gasteiger partial charge in [-0.25, -0.2) is 4.39 Å². The Labute approximate surface area is 116 Å². The van der Waals surface area contributed by atoms with Crippen LogP contribution in [0.5, 0.6) is 0 Å². The van der Waals surface area contributed by atoms with Gasteiger partial charge in [0.2, 0.25) is 0 Å². The topological polar surface area (TPSA) is 27.0 Å². The van der Waals surface area contributed by atoms with Gasteiger partial charge in [-0.2, -0.15) is 5.26 Å². The second-order valence-corrected chi connectivity index (χ2v) is 5.50. The van der Waals surface area contributed by atoms with Crippen LogP contribution in [0.2, 0.25) is 0 Å². The molecule has 1 aliphatic heterocycles. The summed E-state index contributed by atoms with van der Waals surface area (Å²) in [5.74, 6) is 0.454. The van der Waals surface area contributed by atoms with Crippen molar-refractivity contribution < 1.29 is 4.39 Å². The number of piperidine rings is 1. The van der Waals surface area contributed by atoms with Gasteiger partial charge in [0.05, 0.1) is 15.7 Å². The Morgan fingerprint density at radius 1 is 1.44 bits per heavy atom. The van der Waals surface area contributed by atoms with Crippen molar-refractivity contribution in [3.8, 4) is 6.07 Å². The Kier molecular flexibility index (Phi) is 4.23. The average molecular weight is 311 g/mol. The van der Waals surface area contributed by atoms with Crippen molar-refractivity contribution in [1.29, 1.82) is 5.26 Å². The summed E-state index contributed by atoms with van der Waals surface area (Å²) >= 11 is 3.16. The molecule has 2 nitrogen and oxygen atoms in total. The van der Waals surface area contributed by atoms with Gasteiger partial charge in [-0.3, -0.25) is 0 Å². The van der Waals surface area contributed by atoms with E-state index < -0.39 is 0 Å². The first-order valence-electron chi connectivity index (χ1n) is 6.30. The zero-order valence-corrected chi connectivity index (χ0v) is 12.0. The largest absolute Gasteiger partial charge is 0.369 e. The van der Waals surface area contributed by atoms with Gasteiger partial charge in [-0.15, -0.1) is 0 Å². The summed E-state index contributed by atoms with van der Waals surface area (Å²) in [7, 11) is 0. The van der Waals surface area contributed by atoms with E-state index in [0.717, 1.165) is 31.8 Å². The molecular formula is C14H16BrFN2. The summed E-state index contributed by atoms with van der Waals surface area (Å²) in [6, 6.07) is 5.37. The van der Waals surface area contributed by atoms with Gasteiger partial charge in [0.25, 0.3) is 0 Å². The van der Waals surface area contributed by atoms with Crippen LogP contribution < -0.4 is 4.90 Å². The number of nitriles is 1. The van der Waals surface area contributed by atoms with Gasteiger partial charge in [-0.1, -0.05) is 13.3 Å². The highest BCUT2D eigenvalue weighted by Crippen LogP contribution is 2.32. The minimum absolute atomic E-state index is 0.278. The first kappa shape index (κ1) is 13.4. The van der Waals surface area contributed by atoms with Gasteiger partial charge in [0, 0.05) is 13.1 Å². The molecule has 0 radical (unpaired) electrons. The van der Waals surface area contributed by atoms with Crippen molar-refractivity contribution in [1.82, 2.24) is 0 Å². The van der Waals surface area contributed by atoms with Crippen molar-refractivity contribution in [2.24, 2.45) is 5.92 Å². The van der Waals surface area contributed by atoms with E-state index in [4.69, 9.17) is 5.26 Å². The lowest BCUT2D eigenvalue weighted by Gasteiger charge is -2.33. The normalized spacial score (nSPS) is 16.7. The number of hydrogen-bond donors (Lipinski definition) is 0. The van der Waals surface area contributed by atoms with Gasteiger partial charge in [0.15, 0.2) is 5.82 Å². The SMILES string of the molecule is CCC1CCN(c2ccc(C#N)c(Br)c2F)CC1. The molecule has 96 valence electrons. The van der Waals surface area contributed by atoms with Crippen LogP contribution in [0.1, 0.15) is 31.7 Å². The maximum atomic E-state index is 14.2. The van der Waals surface area contributed by atoms with Crippen LogP contribution in [0.4, 0.5) is 10.1 Å². The van der Waals surface area contributed by atoms with Crippen molar-refractivity contribution in [2.75, 3.05) is 18.0 Å². The molecule has 0 saturated carbocycles. The molecule has 1 heterocycles. The van der Waals surface area contributed by atoms with E-state index in [9.17, 15) is 4.39 Å². The lowest BCUT2D eigenvalue weighted by molar-refractivity contribution is 0.392. The predicted molar refractivity (Wildman–Crippen MR) is 74.0 cm³/mol. The standard InChI is InChI=1S/C14H16BrFN2/c1-2-10-5-7-18(8-6-10)12-4-3-11(9-17)13(15)14(12)16/h3-4,10H,2,5-8H2,1H3. The van der Waals surface area contributed by atoms with Gasteiger partial charge in [0.1, 0.15) is 6.07 Å². The van der Waals surface area contributed by atoms with Crippen molar-refractivity contribution in [3.05, 3.63) is 28.0 Å². The van der Waals surface area contributed by atoms with E-state index in [1.165, 1.54) is 6.42 Å². The van der Waals surface area contributed by atoms with Crippen LogP contribution in [0.25, 0.3) is 0 Å². The average Bonchev–Trinajstić information content (AvgIpc) is 2.42. The Morgan fingerprint density at radius 2 is 2.11 bits per heavy atom. The summed E-state index contributed by atoms with van der Waals surface area (Å²) in [6.07, 6.45) is 3.44. The zero-order chi connectivity index (χ0) is 13.1. The Hall–Kier alpha value is -1.08. The van der Waals surface area contributed by atoms with Gasteiger partial charge < -0.3 is 4.90 Å². The van der Waals surface area contributed by atoms with Crippen LogP contribution >= 0.6 is 15.9 Å². The van der Waals surface area contributed by atoms with Gasteiger partial charge >= 0.3 is 0 Å². The number of anilines is 1. The molecule has 18 heavy (non-hydrogen) atoms. The number of hydrogen-bond acceptors (Lipinski definition) is 2. The molecule has 1 fully saturated rings. The van der Waals surface area contributed by atoms with Crippen molar-refractivity contribution >= 4 is 21.6 Å². The predicted octanol–water partition coefficient (Wildman–Crippen LogP) is 4.09. The molecule has 1 aromatic carbocycles. The minimum Gasteiger partial charge on any atom is -0.369 e. The molecule has 0 aliphatic carbocycles. The smallest absolute Gasteiger partial charge is 0.161 e. The van der Waals surface area contributed by atoms with Gasteiger partial charge in [-0.05, 0) is 46.8 Å². The fourth-order valence-electron chi connectivity index (χ4n) is 2.45. The van der Waals surface area contributed by atoms with E-state index in [1.807, 2.05) is 6.07 Å². The van der Waals surface area contributed by atoms with Crippen molar-refractivity contribution in [2.45, 2.75) is 26.2 Å². The molecule has 0 aromatic heterocycles. The highest BCUT2D eigenvalue weighted by atomic mass is 79.9. The van der Waals surface area contributed by atoms with E-state index in [-0.39, 0.29) is 10.3 Å². The lowest BCUT2D eigenvalue weighted by atomic mass is 9.94. The molecule has 0 N–H and O–H groups in total. The molecule has 1 aromatic rings. The van der Waals surface area contributed by atoms with E-state index in [1.54, 1.807) is 12.1 Å². The Morgan fingerprint density at radius 3 is 2.67 bits per heavy atom. The van der Waals surface area contributed by atoms with Crippen LogP contribution in [-0.4, -0.2) is 13.1 Å². The molecule has 0 amide bonds. The highest BCUT2D eigenvalue weighted by molar-refractivity contribution is 9.10. The number of halogens is 2. The third kappa shape index (κ3) is 2.51. The maximum absolute atomic E-state index is 14.2. The summed E-state index contributed by atoms with van der Waals surface area (Å²) < 4.78 is 14.5. The molecule has 2 rings (SSSR count). The third-order valence-corrected chi connectivity index (χ3v) is 4.49. The zero-order valence-electron chi connectivity index (χ0n) is 10.4. The van der Waals surface area contributed by atoms with Crippen LogP contribution in [-0.2, 0) is 0 Å². The Bertz CT molecular complexity index is 473. The van der Waals surface area contributed by atoms with Crippen LogP contribution in [0, 0.1) is 23.1 Å². The summed E-state index contributed by atoms with van der Waals surface area (Å²) in [6.45, 7) is 4.00. The summed E-state index contributed by atoms with van der Waals surface area (Å²) in [4.78, 5) is 2.08. The van der Waals surface area contributed by atoms with Crippen LogP contribution in [0.3, 0.4) is 0 Å². The monoisotopic (exact) mass is 310 g/mol. The lowest BCUT2D eigenvalue weighted by Crippen LogP contribution is -2.34. The fraction of sp³-hybridized carbons (Fsp3) is 0.500. The maximum Gasteiger partial charge on any atom is 0.161 e. The fourth-order valence-corrected chi connectivity index (χ4v) is 2.88. The second kappa shape index (κ2) is 5.71. The first-order chi connectivity index (χ1) is 8.67. The molecule has 0 unspecified atom stereocenters. The summed E-state index contributed by atoms with van der Waals surface area (Å²) in [5, 5.41) is 8.85. The molecular weight excluding hydrogens is 295 g/mol. The molecule has 0 atom stereocenters. The third-order valence-electron chi connectivity index (χ3n) is 3.71. The molecule has 0 spiro atoms. The van der Waals surface area contributed by atoms with Crippen LogP contribution in [0.15, 0.2) is 16.6 Å². The van der Waals surface area contributed by atoms with E-state index >= 15 is 0 Å². The quantitative estimate of drug-likeness (QED) is 0.822. The first-order valence-corrected chi connectivity index (χ1v) is 7.09. The summed E-state index contributed by atoms with van der Waals surface area (Å²) in [5.41, 5.74) is 0.954. The Balaban J connectivity index is 2.20. The number of nitrogens with zero attached hydrogens (tertiary/aromatic N) is 2. The second-order valence-electron chi connectivity index (χ2n) is 4.71. The van der Waals surface area contributed by atoms with E-state index in [2.05, 4.69) is 27.8 Å². The number of rotatable bonds is 2. The highest BCUT2D eigenvalue weighted by Gasteiger charge is 2.21. The van der Waals surface area contributed by atoms with E-state index in [0.29, 0.717) is 11.3 Å². The van der Waals surface area contributed by atoms with Crippen molar-refractivity contribution in [3.63, 3.8) is 0 Å². The number of benzene rings is 1.